The third-order valence-corrected chi connectivity index (χ3v) is 4.38. The van der Waals surface area contributed by atoms with Crippen LogP contribution in [0.1, 0.15) is 11.1 Å². The topological polar surface area (TPSA) is 47.3 Å². The van der Waals surface area contributed by atoms with Crippen LogP contribution >= 0.6 is 0 Å². The van der Waals surface area contributed by atoms with Gasteiger partial charge in [0.05, 0.1) is 37.1 Å². The van der Waals surface area contributed by atoms with E-state index in [2.05, 4.69) is 55.2 Å². The molecule has 0 amide bonds. The van der Waals surface area contributed by atoms with Crippen molar-refractivity contribution < 1.29 is 9.84 Å². The van der Waals surface area contributed by atoms with E-state index in [-0.39, 0.29) is 0 Å². The van der Waals surface area contributed by atoms with Gasteiger partial charge in [0.1, 0.15) is 5.60 Å². The van der Waals surface area contributed by atoms with E-state index >= 15 is 0 Å². The van der Waals surface area contributed by atoms with Gasteiger partial charge in [-0.2, -0.15) is 0 Å². The van der Waals surface area contributed by atoms with Gasteiger partial charge in [-0.15, -0.1) is 0 Å². The molecule has 1 N–H and O–H groups in total. The van der Waals surface area contributed by atoms with Crippen LogP contribution in [0.15, 0.2) is 42.7 Å². The van der Waals surface area contributed by atoms with Crippen molar-refractivity contribution in [3.05, 3.63) is 53.9 Å². The molecule has 1 fully saturated rings. The van der Waals surface area contributed by atoms with Crippen LogP contribution in [0.25, 0.3) is 22.2 Å². The van der Waals surface area contributed by atoms with Crippen LogP contribution in [0.5, 0.6) is 0 Å². The largest absolute Gasteiger partial charge is 0.383 e. The summed E-state index contributed by atoms with van der Waals surface area (Å²) in [4.78, 5) is 4.50. The van der Waals surface area contributed by atoms with Crippen LogP contribution in [0, 0.1) is 13.8 Å². The normalized spacial score (nSPS) is 16.5. The van der Waals surface area contributed by atoms with Crippen molar-refractivity contribution in [1.82, 2.24) is 9.55 Å². The number of imidazole rings is 1. The predicted octanol–water partition coefficient (Wildman–Crippen LogP) is 3.08. The molecule has 2 heterocycles. The molecule has 0 bridgehead atoms. The van der Waals surface area contributed by atoms with Crippen molar-refractivity contribution in [2.75, 3.05) is 13.2 Å². The molecule has 118 valence electrons. The first-order chi connectivity index (χ1) is 11.0. The van der Waals surface area contributed by atoms with Gasteiger partial charge in [0.25, 0.3) is 0 Å². The standard InChI is InChI=1S/C19H20N2O2/c1-13-5-14(2)7-16(6-13)15-3-4-18-17(8-15)20-12-21(18)9-19(22)10-23-11-19/h3-8,12,22H,9-11H2,1-2H3. The molecule has 0 radical (unpaired) electrons. The summed E-state index contributed by atoms with van der Waals surface area (Å²) in [5.41, 5.74) is 6.14. The lowest BCUT2D eigenvalue weighted by Crippen LogP contribution is -2.52. The Morgan fingerprint density at radius 2 is 1.83 bits per heavy atom. The Labute approximate surface area is 135 Å². The zero-order valence-electron chi connectivity index (χ0n) is 13.4. The van der Waals surface area contributed by atoms with E-state index in [4.69, 9.17) is 4.74 Å². The van der Waals surface area contributed by atoms with Crippen molar-refractivity contribution in [3.8, 4) is 11.1 Å². The molecule has 1 aliphatic heterocycles. The fraction of sp³-hybridized carbons (Fsp3) is 0.316. The minimum absolute atomic E-state index is 0.396. The van der Waals surface area contributed by atoms with Gasteiger partial charge in [0.2, 0.25) is 0 Å². The Kier molecular flexibility index (Phi) is 3.25. The summed E-state index contributed by atoms with van der Waals surface area (Å²) in [6.45, 7) is 5.54. The lowest BCUT2D eigenvalue weighted by molar-refractivity contribution is -0.184. The van der Waals surface area contributed by atoms with Gasteiger partial charge >= 0.3 is 0 Å². The van der Waals surface area contributed by atoms with Crippen LogP contribution in [0.2, 0.25) is 0 Å². The molecule has 4 heteroatoms. The van der Waals surface area contributed by atoms with Crippen molar-refractivity contribution in [1.29, 1.82) is 0 Å². The number of aromatic nitrogens is 2. The monoisotopic (exact) mass is 308 g/mol. The maximum absolute atomic E-state index is 10.3. The van der Waals surface area contributed by atoms with Crippen molar-refractivity contribution >= 4 is 11.0 Å². The van der Waals surface area contributed by atoms with Crippen LogP contribution in [0.3, 0.4) is 0 Å². The molecule has 0 unspecified atom stereocenters. The quantitative estimate of drug-likeness (QED) is 0.809. The zero-order valence-corrected chi connectivity index (χ0v) is 13.4. The minimum atomic E-state index is -0.750. The number of ether oxygens (including phenoxy) is 1. The second-order valence-electron chi connectivity index (χ2n) is 6.67. The second-order valence-corrected chi connectivity index (χ2v) is 6.67. The summed E-state index contributed by atoms with van der Waals surface area (Å²) in [5.74, 6) is 0. The van der Waals surface area contributed by atoms with E-state index in [0.29, 0.717) is 19.8 Å². The third kappa shape index (κ3) is 2.64. The smallest absolute Gasteiger partial charge is 0.129 e. The Morgan fingerprint density at radius 1 is 1.09 bits per heavy atom. The lowest BCUT2D eigenvalue weighted by atomic mass is 10.00. The van der Waals surface area contributed by atoms with Gasteiger partial charge < -0.3 is 14.4 Å². The first-order valence-corrected chi connectivity index (χ1v) is 7.86. The number of hydrogen-bond acceptors (Lipinski definition) is 3. The lowest BCUT2D eigenvalue weighted by Gasteiger charge is -2.36. The first-order valence-electron chi connectivity index (χ1n) is 7.86. The summed E-state index contributed by atoms with van der Waals surface area (Å²) >= 11 is 0. The highest BCUT2D eigenvalue weighted by Crippen LogP contribution is 2.27. The molecule has 1 saturated heterocycles. The summed E-state index contributed by atoms with van der Waals surface area (Å²) in [7, 11) is 0. The van der Waals surface area contributed by atoms with Crippen molar-refractivity contribution in [3.63, 3.8) is 0 Å². The van der Waals surface area contributed by atoms with Crippen molar-refractivity contribution in [2.45, 2.75) is 26.0 Å². The molecule has 0 aliphatic carbocycles. The summed E-state index contributed by atoms with van der Waals surface area (Å²) < 4.78 is 7.12. The van der Waals surface area contributed by atoms with Gasteiger partial charge in [0, 0.05) is 0 Å². The van der Waals surface area contributed by atoms with Gasteiger partial charge in [0.15, 0.2) is 0 Å². The minimum Gasteiger partial charge on any atom is -0.383 e. The predicted molar refractivity (Wildman–Crippen MR) is 90.4 cm³/mol. The van der Waals surface area contributed by atoms with Gasteiger partial charge in [-0.3, -0.25) is 0 Å². The molecule has 1 aliphatic rings. The van der Waals surface area contributed by atoms with Crippen LogP contribution in [-0.4, -0.2) is 33.5 Å². The van der Waals surface area contributed by atoms with E-state index in [1.165, 1.54) is 22.3 Å². The molecular weight excluding hydrogens is 288 g/mol. The summed E-state index contributed by atoms with van der Waals surface area (Å²) in [6, 6.07) is 12.9. The number of aryl methyl sites for hydroxylation is 2. The fourth-order valence-corrected chi connectivity index (χ4v) is 3.26. The third-order valence-electron chi connectivity index (χ3n) is 4.38. The Hall–Kier alpha value is -2.17. The number of hydrogen-bond donors (Lipinski definition) is 1. The summed E-state index contributed by atoms with van der Waals surface area (Å²) in [5, 5.41) is 10.3. The molecule has 0 spiro atoms. The maximum atomic E-state index is 10.3. The molecule has 3 aromatic rings. The molecule has 1 aromatic heterocycles. The average molecular weight is 308 g/mol. The SMILES string of the molecule is Cc1cc(C)cc(-c2ccc3c(c2)ncn3CC2(O)COC2)c1. The highest BCUT2D eigenvalue weighted by atomic mass is 16.5. The molecule has 4 rings (SSSR count). The van der Waals surface area contributed by atoms with Crippen LogP contribution in [0.4, 0.5) is 0 Å². The van der Waals surface area contributed by atoms with E-state index < -0.39 is 5.60 Å². The average Bonchev–Trinajstić information content (AvgIpc) is 2.87. The highest BCUT2D eigenvalue weighted by Gasteiger charge is 2.36. The molecular formula is C19H20N2O2. The Bertz CT molecular complexity index is 858. The van der Waals surface area contributed by atoms with E-state index in [1.807, 2.05) is 4.57 Å². The zero-order chi connectivity index (χ0) is 16.0. The van der Waals surface area contributed by atoms with Gasteiger partial charge in [-0.25, -0.2) is 4.98 Å². The van der Waals surface area contributed by atoms with Crippen LogP contribution in [-0.2, 0) is 11.3 Å². The number of fused-ring (bicyclic) bond motifs is 1. The molecule has 23 heavy (non-hydrogen) atoms. The van der Waals surface area contributed by atoms with Gasteiger partial charge in [-0.05, 0) is 37.1 Å². The first kappa shape index (κ1) is 14.4. The van der Waals surface area contributed by atoms with E-state index in [0.717, 1.165) is 11.0 Å². The summed E-state index contributed by atoms with van der Waals surface area (Å²) in [6.07, 6.45) is 1.80. The second kappa shape index (κ2) is 5.18. The van der Waals surface area contributed by atoms with Crippen LogP contribution < -0.4 is 0 Å². The van der Waals surface area contributed by atoms with E-state index in [9.17, 15) is 5.11 Å². The molecule has 0 atom stereocenters. The Balaban J connectivity index is 1.71. The molecule has 0 saturated carbocycles. The highest BCUT2D eigenvalue weighted by molar-refractivity contribution is 5.82. The number of nitrogens with zero attached hydrogens (tertiary/aromatic N) is 2. The Morgan fingerprint density at radius 3 is 2.48 bits per heavy atom. The number of aliphatic hydroxyl groups is 1. The van der Waals surface area contributed by atoms with E-state index in [1.54, 1.807) is 6.33 Å². The molecule has 4 nitrogen and oxygen atoms in total. The van der Waals surface area contributed by atoms with Gasteiger partial charge in [-0.1, -0.05) is 35.4 Å². The number of rotatable bonds is 3. The molecule has 2 aromatic carbocycles. The number of benzene rings is 2. The fourth-order valence-electron chi connectivity index (χ4n) is 3.26. The maximum Gasteiger partial charge on any atom is 0.129 e. The van der Waals surface area contributed by atoms with Crippen molar-refractivity contribution in [2.24, 2.45) is 0 Å².